The summed E-state index contributed by atoms with van der Waals surface area (Å²) in [6, 6.07) is 0. The van der Waals surface area contributed by atoms with E-state index in [1.807, 2.05) is 0 Å². The first-order valence-electron chi connectivity index (χ1n) is 7.97. The Hall–Kier alpha value is -4.75. The van der Waals surface area contributed by atoms with Gasteiger partial charge in [0.25, 0.3) is 0 Å². The van der Waals surface area contributed by atoms with Crippen LogP contribution >= 0.6 is 0 Å². The smallest absolute Gasteiger partial charge is 0.463 e. The zero-order valence-electron chi connectivity index (χ0n) is 16.3. The lowest BCUT2D eigenvalue weighted by molar-refractivity contribution is -0.356. The quantitative estimate of drug-likeness (QED) is 0.109. The van der Waals surface area contributed by atoms with E-state index in [9.17, 15) is 33.6 Å². The fraction of sp³-hybridized carbons (Fsp3) is 0.167. The molecule has 0 aliphatic carbocycles. The first-order chi connectivity index (χ1) is 14.8. The number of hydrogen-bond acceptors (Lipinski definition) is 11. The van der Waals surface area contributed by atoms with Crippen LogP contribution < -0.4 is 0 Å². The monoisotopic (exact) mass is 456 g/mol. The molecule has 0 radical (unpaired) electrons. The van der Waals surface area contributed by atoms with Crippen molar-refractivity contribution < 1.29 is 67.8 Å². The fourth-order valence-corrected chi connectivity index (χ4v) is 1.75. The molecule has 0 amide bonds. The van der Waals surface area contributed by atoms with Gasteiger partial charge in [0.05, 0.1) is 0 Å². The van der Waals surface area contributed by atoms with Crippen LogP contribution in [0.25, 0.3) is 0 Å². The molecule has 0 bridgehead atoms. The molecule has 32 heavy (non-hydrogen) atoms. The minimum Gasteiger partial charge on any atom is -0.477 e. The molecule has 0 aliphatic heterocycles. The number of esters is 4. The molecule has 0 aromatic rings. The van der Waals surface area contributed by atoms with Gasteiger partial charge in [-0.05, 0) is 6.92 Å². The Bertz CT molecular complexity index is 884. The van der Waals surface area contributed by atoms with E-state index in [1.54, 1.807) is 0 Å². The third-order valence-electron chi connectivity index (χ3n) is 3.11. The van der Waals surface area contributed by atoms with Crippen LogP contribution in [0, 0.1) is 0 Å². The van der Waals surface area contributed by atoms with Crippen molar-refractivity contribution in [3.63, 3.8) is 0 Å². The van der Waals surface area contributed by atoms with Crippen molar-refractivity contribution in [3.8, 4) is 0 Å². The lowest BCUT2D eigenvalue weighted by Crippen LogP contribution is -2.54. The highest BCUT2D eigenvalue weighted by molar-refractivity contribution is 6.26. The molecule has 0 heterocycles. The molecule has 0 rings (SSSR count). The predicted octanol–water partition coefficient (Wildman–Crippen LogP) is -0.690. The third kappa shape index (κ3) is 6.94. The zero-order valence-corrected chi connectivity index (χ0v) is 16.3. The molecule has 0 aromatic carbocycles. The molecular formula is C18H16O14. The van der Waals surface area contributed by atoms with Gasteiger partial charge in [-0.1, -0.05) is 19.7 Å². The summed E-state index contributed by atoms with van der Waals surface area (Å²) in [4.78, 5) is 81.2. The molecule has 0 aliphatic rings. The van der Waals surface area contributed by atoms with Gasteiger partial charge >= 0.3 is 47.8 Å². The molecule has 172 valence electrons. The maximum atomic E-state index is 12.5. The first kappa shape index (κ1) is 27.2. The second-order valence-electron chi connectivity index (χ2n) is 5.19. The Morgan fingerprint density at radius 1 is 0.688 bits per heavy atom. The van der Waals surface area contributed by atoms with Gasteiger partial charge in [0.2, 0.25) is 6.10 Å². The highest BCUT2D eigenvalue weighted by atomic mass is 16.9. The maximum absolute atomic E-state index is 12.5. The second kappa shape index (κ2) is 11.4. The van der Waals surface area contributed by atoms with Crippen LogP contribution in [0.2, 0.25) is 0 Å². The maximum Gasteiger partial charge on any atom is 0.463 e. The Balaban J connectivity index is 6.86. The normalized spacial score (nSPS) is 10.9. The van der Waals surface area contributed by atoms with Gasteiger partial charge in [0.15, 0.2) is 11.1 Å². The van der Waals surface area contributed by atoms with Crippen molar-refractivity contribution in [2.75, 3.05) is 0 Å². The van der Waals surface area contributed by atoms with Crippen LogP contribution in [0.1, 0.15) is 6.92 Å². The van der Waals surface area contributed by atoms with E-state index < -0.39 is 65.0 Å². The van der Waals surface area contributed by atoms with Gasteiger partial charge in [-0.2, -0.15) is 0 Å². The van der Waals surface area contributed by atoms with Crippen molar-refractivity contribution in [3.05, 3.63) is 49.1 Å². The van der Waals surface area contributed by atoms with Gasteiger partial charge in [0, 0.05) is 18.2 Å². The van der Waals surface area contributed by atoms with E-state index in [1.165, 1.54) is 0 Å². The van der Waals surface area contributed by atoms with Crippen molar-refractivity contribution in [2.24, 2.45) is 0 Å². The number of ether oxygens (including phenoxy) is 4. The molecule has 0 aromatic heterocycles. The second-order valence-corrected chi connectivity index (χ2v) is 5.19. The molecule has 0 saturated carbocycles. The number of carboxylic acid groups (broad SMARTS) is 3. The first-order valence-corrected chi connectivity index (χ1v) is 7.97. The summed E-state index contributed by atoms with van der Waals surface area (Å²) in [5, 5.41) is 27.1. The van der Waals surface area contributed by atoms with Crippen LogP contribution in [0.4, 0.5) is 0 Å². The summed E-state index contributed by atoms with van der Waals surface area (Å²) in [7, 11) is 0. The molecule has 14 heteroatoms. The Morgan fingerprint density at radius 3 is 1.38 bits per heavy atom. The molecular weight excluding hydrogens is 440 g/mol. The summed E-state index contributed by atoms with van der Waals surface area (Å²) in [5.41, 5.74) is -3.90. The minimum absolute atomic E-state index is 0.472. The van der Waals surface area contributed by atoms with Crippen molar-refractivity contribution in [2.45, 2.75) is 19.0 Å². The molecule has 1 atom stereocenters. The molecule has 0 spiro atoms. The SMILES string of the molecule is C=CC(=O)OC(C)C(OC(=O)C=C)(OC(=O)C=C)OC(=O)C(C(=O)O)=C(C(=O)O)C(=O)O. The van der Waals surface area contributed by atoms with Gasteiger partial charge in [-0.25, -0.2) is 33.6 Å². The summed E-state index contributed by atoms with van der Waals surface area (Å²) in [6.45, 7) is 10.0. The van der Waals surface area contributed by atoms with Crippen LogP contribution in [0.5, 0.6) is 0 Å². The lowest BCUT2D eigenvalue weighted by Gasteiger charge is -2.34. The van der Waals surface area contributed by atoms with Gasteiger partial charge in [-0.3, -0.25) is 0 Å². The lowest BCUT2D eigenvalue weighted by atomic mass is 10.1. The van der Waals surface area contributed by atoms with E-state index in [2.05, 4.69) is 33.9 Å². The largest absolute Gasteiger partial charge is 0.477 e. The minimum atomic E-state index is -3.38. The fourth-order valence-electron chi connectivity index (χ4n) is 1.75. The molecule has 1 unspecified atom stereocenters. The van der Waals surface area contributed by atoms with E-state index >= 15 is 0 Å². The van der Waals surface area contributed by atoms with Crippen molar-refractivity contribution in [1.29, 1.82) is 0 Å². The van der Waals surface area contributed by atoms with Crippen molar-refractivity contribution >= 4 is 41.8 Å². The van der Waals surface area contributed by atoms with E-state index in [0.29, 0.717) is 18.2 Å². The number of carbonyl (C=O) groups is 7. The summed E-state index contributed by atoms with van der Waals surface area (Å²) in [6.07, 6.45) is -0.498. The highest BCUT2D eigenvalue weighted by Gasteiger charge is 2.53. The number of carboxylic acids is 3. The standard InChI is InChI=1S/C18H16O14/c1-5-9(19)29-8(4)18(30-10(20)6-2,31-11(21)7-3)32-17(28)13(16(26)27)12(14(22)23)15(24)25/h5-8H,1-3H2,4H3,(H,22,23)(H,24,25)(H,26,27). The Labute approximate surface area is 178 Å². The Kier molecular flexibility index (Phi) is 9.74. The van der Waals surface area contributed by atoms with Crippen molar-refractivity contribution in [1.82, 2.24) is 0 Å². The van der Waals surface area contributed by atoms with Crippen LogP contribution in [-0.4, -0.2) is 69.2 Å². The average Bonchev–Trinajstić information content (AvgIpc) is 2.69. The topological polar surface area (TPSA) is 217 Å². The van der Waals surface area contributed by atoms with Crippen LogP contribution in [-0.2, 0) is 52.5 Å². The van der Waals surface area contributed by atoms with E-state index in [0.717, 1.165) is 6.92 Å². The highest BCUT2D eigenvalue weighted by Crippen LogP contribution is 2.27. The van der Waals surface area contributed by atoms with Gasteiger partial charge in [0.1, 0.15) is 0 Å². The zero-order chi connectivity index (χ0) is 25.2. The average molecular weight is 456 g/mol. The molecule has 14 nitrogen and oxygen atoms in total. The third-order valence-corrected chi connectivity index (χ3v) is 3.11. The molecule has 3 N–H and O–H groups in total. The number of carbonyl (C=O) groups excluding carboxylic acids is 4. The van der Waals surface area contributed by atoms with E-state index in [4.69, 9.17) is 20.1 Å². The molecule has 0 saturated heterocycles. The molecule has 0 fully saturated rings. The summed E-state index contributed by atoms with van der Waals surface area (Å²) < 4.78 is 18.6. The van der Waals surface area contributed by atoms with Crippen LogP contribution in [0.15, 0.2) is 49.1 Å². The summed E-state index contributed by atoms with van der Waals surface area (Å²) >= 11 is 0. The Morgan fingerprint density at radius 2 is 1.06 bits per heavy atom. The van der Waals surface area contributed by atoms with Gasteiger partial charge in [-0.15, -0.1) is 0 Å². The number of rotatable bonds is 12. The van der Waals surface area contributed by atoms with Crippen LogP contribution in [0.3, 0.4) is 0 Å². The number of aliphatic carboxylic acids is 3. The number of hydrogen-bond donors (Lipinski definition) is 3. The van der Waals surface area contributed by atoms with E-state index in [-0.39, 0.29) is 0 Å². The predicted molar refractivity (Wildman–Crippen MR) is 97.1 cm³/mol. The summed E-state index contributed by atoms with van der Waals surface area (Å²) in [5.74, 6) is -16.9. The van der Waals surface area contributed by atoms with Gasteiger partial charge < -0.3 is 34.3 Å².